The Labute approximate surface area is 743 Å². The number of amides is 2. The smallest absolute Gasteiger partial charge is 0.223 e. The Kier molecular flexibility index (Phi) is 26.8. The lowest BCUT2D eigenvalue weighted by atomic mass is 9.60. The van der Waals surface area contributed by atoms with Crippen molar-refractivity contribution < 1.29 is 41.5 Å². The van der Waals surface area contributed by atoms with Gasteiger partial charge in [-0.3, -0.25) is 39.6 Å². The highest BCUT2D eigenvalue weighted by Gasteiger charge is 2.48. The molecule has 126 heavy (non-hydrogen) atoms. The lowest BCUT2D eigenvalue weighted by Gasteiger charge is -2.48. The molecule has 10 fully saturated rings. The van der Waals surface area contributed by atoms with Crippen LogP contribution in [0.3, 0.4) is 0 Å². The minimum Gasteiger partial charge on any atom is -0.380 e. The van der Waals surface area contributed by atoms with Gasteiger partial charge in [-0.2, -0.15) is 20.4 Å². The Hall–Kier alpha value is -10.5. The van der Waals surface area contributed by atoms with Gasteiger partial charge in [-0.05, 0) is 201 Å². The molecule has 22 rings (SSSR count). The molecule has 12 aromatic heterocycles. The fourth-order valence-corrected chi connectivity index (χ4v) is 21.7. The van der Waals surface area contributed by atoms with Gasteiger partial charge >= 0.3 is 0 Å². The monoisotopic (exact) mass is 1800 g/mol. The van der Waals surface area contributed by atoms with Gasteiger partial charge in [0, 0.05) is 94.3 Å². The summed E-state index contributed by atoms with van der Waals surface area (Å²) in [5, 5.41) is 39.3. The molecule has 2 saturated heterocycles. The van der Waals surface area contributed by atoms with Crippen LogP contribution in [0.4, 0.5) is 29.2 Å². The Bertz CT molecular complexity index is 5810. The van der Waals surface area contributed by atoms with Gasteiger partial charge in [0.15, 0.2) is 80.8 Å². The highest BCUT2D eigenvalue weighted by molar-refractivity contribution is 6.32. The quantitative estimate of drug-likeness (QED) is 0.0386. The third kappa shape index (κ3) is 19.4. The molecule has 8 aliphatic carbocycles. The van der Waals surface area contributed by atoms with Crippen molar-refractivity contribution in [3.8, 4) is 46.1 Å². The van der Waals surface area contributed by atoms with E-state index in [0.717, 1.165) is 154 Å². The number of Topliss-reactive ketones (excluding diaryl/α,β-unsaturated/α-hetero) is 2. The van der Waals surface area contributed by atoms with E-state index in [-0.39, 0.29) is 65.1 Å². The second-order valence-corrected chi connectivity index (χ2v) is 36.8. The molecule has 0 aromatic carbocycles. The number of aromatic amines is 4. The van der Waals surface area contributed by atoms with Crippen LogP contribution in [0, 0.1) is 82.4 Å². The molecule has 2 amide bonds. The molecule has 10 atom stereocenters. The molecule has 29 nitrogen and oxygen atoms in total. The summed E-state index contributed by atoms with van der Waals surface area (Å²) >= 11 is 24.3. The van der Waals surface area contributed by atoms with E-state index in [1.165, 1.54) is 37.2 Å². The molecule has 660 valence electrons. The standard InChI is InChI=1S/C25H30ClFN6O.C24H28ClFN6O2.2C20H20ClFN6O/c1-2-18-7-4-8-33(18)22(34)11-16-6-3-5-15(9-16)10-21-20(27)14-29-25(30-21)23-19-12-17(26)13-28-24(19)32-31-23;1-34-17-5-6-32(13-17)21(33)9-15-4-2-3-14(7-15)8-20-19(26)12-28-24(29-20)22-18-10-16(25)11-27-23(18)31-30-22;2*1-9(29)15-10-2-4-11(5-3-10)16(15)25-19-14(22)8-24-20(26-19)17-13-6-12(21)7-23-18(13)28-27-17/h12-16,18H,2-11H2,1H3,(H,28,31,32);10-12,14-15,17H,2-9,13H2,1H3,(H,27,30,31);2*6-8,10-11,15-16H,2-5H2,1H3,(H,23,27,28)(H,24,25,26)/t15-,16+,18+;14-,15+,17?;2*10?,11?,15-,16?/m0010/s1. The second kappa shape index (κ2) is 38.6. The molecule has 3 unspecified atom stereocenters. The Morgan fingerprint density at radius 3 is 1.17 bits per heavy atom. The minimum atomic E-state index is -0.544. The van der Waals surface area contributed by atoms with Gasteiger partial charge in [0.05, 0.1) is 83.9 Å². The largest absolute Gasteiger partial charge is 0.380 e. The van der Waals surface area contributed by atoms with E-state index in [1.807, 2.05) is 4.90 Å². The molecule has 8 saturated carbocycles. The number of ketones is 2. The van der Waals surface area contributed by atoms with E-state index in [9.17, 15) is 36.7 Å². The van der Waals surface area contributed by atoms with Gasteiger partial charge in [0.1, 0.15) is 34.3 Å². The van der Waals surface area contributed by atoms with Crippen molar-refractivity contribution in [2.24, 2.45) is 59.2 Å². The Morgan fingerprint density at radius 1 is 0.437 bits per heavy atom. The van der Waals surface area contributed by atoms with Crippen molar-refractivity contribution in [3.05, 3.63) is 129 Å². The number of anilines is 2. The van der Waals surface area contributed by atoms with Crippen molar-refractivity contribution in [2.45, 2.75) is 199 Å². The zero-order valence-electron chi connectivity index (χ0n) is 70.2. The summed E-state index contributed by atoms with van der Waals surface area (Å²) in [5.41, 5.74) is 4.96. The zero-order chi connectivity index (χ0) is 87.6. The normalized spacial score (nSPS) is 24.4. The number of nitrogens with zero attached hydrogens (tertiary/aromatic N) is 18. The number of carbonyl (C=O) groups excluding carboxylic acids is 4. The van der Waals surface area contributed by atoms with E-state index in [4.69, 9.17) is 51.1 Å². The summed E-state index contributed by atoms with van der Waals surface area (Å²) in [6.07, 6.45) is 33.9. The number of carbonyl (C=O) groups is 4. The number of nitrogens with one attached hydrogen (secondary N) is 6. The molecule has 6 N–H and O–H groups in total. The first-order chi connectivity index (χ1) is 61.0. The van der Waals surface area contributed by atoms with Crippen LogP contribution in [0.5, 0.6) is 0 Å². The average Bonchev–Trinajstić information content (AvgIpc) is 1.18. The lowest BCUT2D eigenvalue weighted by molar-refractivity contribution is -0.133. The maximum Gasteiger partial charge on any atom is 0.223 e. The predicted molar refractivity (Wildman–Crippen MR) is 468 cm³/mol. The predicted octanol–water partition coefficient (Wildman–Crippen LogP) is 17.6. The number of rotatable bonds is 20. The van der Waals surface area contributed by atoms with Crippen LogP contribution in [0.15, 0.2) is 73.8 Å². The number of aromatic nitrogens is 20. The number of ether oxygens (including phenoxy) is 1. The fourth-order valence-electron chi connectivity index (χ4n) is 21.1. The molecule has 14 heterocycles. The van der Waals surface area contributed by atoms with Gasteiger partial charge in [-0.15, -0.1) is 0 Å². The van der Waals surface area contributed by atoms with Crippen molar-refractivity contribution in [1.29, 1.82) is 0 Å². The summed E-state index contributed by atoms with van der Waals surface area (Å²) < 4.78 is 63.9. The van der Waals surface area contributed by atoms with Crippen LogP contribution in [0.1, 0.15) is 173 Å². The van der Waals surface area contributed by atoms with Crippen molar-refractivity contribution in [2.75, 3.05) is 37.4 Å². The van der Waals surface area contributed by atoms with Gasteiger partial charge in [-0.25, -0.2) is 77.4 Å². The molecule has 12 aromatic rings. The maximum atomic E-state index is 14.7. The summed E-state index contributed by atoms with van der Waals surface area (Å²) in [5.74, 6) is 2.97. The number of pyridine rings is 4. The van der Waals surface area contributed by atoms with Crippen molar-refractivity contribution in [1.82, 2.24) is 110 Å². The molecule has 10 aliphatic rings. The van der Waals surface area contributed by atoms with Gasteiger partial charge in [0.25, 0.3) is 0 Å². The van der Waals surface area contributed by atoms with Gasteiger partial charge in [0.2, 0.25) is 11.8 Å². The van der Waals surface area contributed by atoms with Crippen LogP contribution < -0.4 is 10.6 Å². The van der Waals surface area contributed by atoms with E-state index in [2.05, 4.69) is 123 Å². The zero-order valence-corrected chi connectivity index (χ0v) is 73.2. The number of methoxy groups -OCH3 is 1. The van der Waals surface area contributed by atoms with Crippen LogP contribution in [-0.2, 0) is 36.8 Å². The van der Waals surface area contributed by atoms with Crippen LogP contribution in [-0.4, -0.2) is 185 Å². The molecule has 0 radical (unpaired) electrons. The first-order valence-electron chi connectivity index (χ1n) is 43.8. The maximum absolute atomic E-state index is 14.7. The summed E-state index contributed by atoms with van der Waals surface area (Å²) in [6.45, 7) is 7.78. The fraction of sp³-hybridized carbons (Fsp3) is 0.506. The SMILES string of the molecule is CC(=O)[C@@H]1C2CCC(CC2)C1Nc1nc(-c2[nH]nc3ncc(Cl)cc23)ncc1F.CC(=O)[C@H]1C2CCC(CC2)C1Nc1nc(-c2[nH]nc3ncc(Cl)cc23)ncc1F.CC[C@@H]1CCCN1C(=O)C[C@@H]1CCC[C@H](Cc2nc(-c3[nH]nc4ncc(Cl)cc34)ncc2F)C1.COC1CCN(C(=O)C[C@@H]2CCC[C@H](Cc3nc(-c4[nH]nc5ncc(Cl)cc45)ncc3F)C2)C1. The van der Waals surface area contributed by atoms with Crippen LogP contribution >= 0.6 is 46.4 Å². The van der Waals surface area contributed by atoms with Crippen molar-refractivity contribution in [3.63, 3.8) is 0 Å². The average molecular weight is 1800 g/mol. The third-order valence-corrected chi connectivity index (χ3v) is 28.0. The van der Waals surface area contributed by atoms with Crippen LogP contribution in [0.2, 0.25) is 20.1 Å². The van der Waals surface area contributed by atoms with E-state index in [0.29, 0.717) is 207 Å². The number of hydrogen-bond acceptors (Lipinski definition) is 23. The number of likely N-dealkylation sites (tertiary alicyclic amines) is 2. The summed E-state index contributed by atoms with van der Waals surface area (Å²) in [6, 6.07) is 7.12. The third-order valence-electron chi connectivity index (χ3n) is 27.2. The number of halogens is 8. The van der Waals surface area contributed by atoms with E-state index < -0.39 is 23.3 Å². The Balaban J connectivity index is 0.000000119. The molecule has 4 bridgehead atoms. The number of hydrogen-bond donors (Lipinski definition) is 6. The molecular weight excluding hydrogens is 1700 g/mol. The molecule has 37 heteroatoms. The highest BCUT2D eigenvalue weighted by atomic mass is 35.5. The summed E-state index contributed by atoms with van der Waals surface area (Å²) in [7, 11) is 1.70. The van der Waals surface area contributed by atoms with Gasteiger partial charge < -0.3 is 25.2 Å². The lowest BCUT2D eigenvalue weighted by Crippen LogP contribution is -2.51. The first kappa shape index (κ1) is 87.6. The van der Waals surface area contributed by atoms with E-state index in [1.54, 1.807) is 45.2 Å². The van der Waals surface area contributed by atoms with Crippen molar-refractivity contribution >= 4 is 126 Å². The van der Waals surface area contributed by atoms with Gasteiger partial charge in [-0.1, -0.05) is 79.0 Å². The minimum absolute atomic E-state index is 0.101. The van der Waals surface area contributed by atoms with E-state index >= 15 is 0 Å². The summed E-state index contributed by atoms with van der Waals surface area (Å²) in [4.78, 5) is 106. The first-order valence-corrected chi connectivity index (χ1v) is 45.3. The topological polar surface area (TPSA) is 377 Å². The number of fused-ring (bicyclic) bond motifs is 10. The van der Waals surface area contributed by atoms with Crippen LogP contribution in [0.25, 0.3) is 90.2 Å². The highest BCUT2D eigenvalue weighted by Crippen LogP contribution is 2.49. The number of H-pyrrole nitrogens is 4. The molecule has 2 aliphatic heterocycles. The Morgan fingerprint density at radius 2 is 0.802 bits per heavy atom. The molecule has 0 spiro atoms. The second-order valence-electron chi connectivity index (χ2n) is 35.1. The molecular formula is C89H98Cl4F4N24O5.